The monoisotopic (exact) mass is 231 g/mol. The third kappa shape index (κ3) is 7.23. The Labute approximate surface area is 96.2 Å². The number of hydrogen-bond donors (Lipinski definition) is 2. The summed E-state index contributed by atoms with van der Waals surface area (Å²) in [4.78, 5) is 22.4. The summed E-state index contributed by atoms with van der Waals surface area (Å²) in [6.07, 6.45) is -1.03. The van der Waals surface area contributed by atoms with Crippen molar-refractivity contribution in [3.05, 3.63) is 0 Å². The Kier molecular flexibility index (Phi) is 6.03. The number of amides is 1. The molecular formula is C11H21NO4. The number of carbonyl (C=O) groups excluding carboxylic acids is 2. The summed E-state index contributed by atoms with van der Waals surface area (Å²) in [5, 5.41) is 12.0. The molecule has 5 heteroatoms. The fourth-order valence-corrected chi connectivity index (χ4v) is 1.04. The average molecular weight is 231 g/mol. The molecule has 94 valence electrons. The Morgan fingerprint density at radius 3 is 2.38 bits per heavy atom. The number of ether oxygens (including phenoxy) is 1. The smallest absolute Gasteiger partial charge is 0.335 e. The number of aliphatic hydroxyl groups excluding tert-OH is 1. The van der Waals surface area contributed by atoms with Gasteiger partial charge in [-0.3, -0.25) is 4.79 Å². The van der Waals surface area contributed by atoms with Crippen LogP contribution in [0, 0.1) is 0 Å². The van der Waals surface area contributed by atoms with Crippen LogP contribution in [0.4, 0.5) is 0 Å². The molecule has 1 amide bonds. The molecule has 0 aliphatic heterocycles. The summed E-state index contributed by atoms with van der Waals surface area (Å²) in [7, 11) is 0. The first-order valence-corrected chi connectivity index (χ1v) is 5.44. The van der Waals surface area contributed by atoms with E-state index in [1.165, 1.54) is 0 Å². The van der Waals surface area contributed by atoms with Crippen LogP contribution >= 0.6 is 0 Å². The SMILES string of the molecule is CCNC(=O)CC[C@@H](O)C(=O)OC(C)(C)C. The third-order valence-corrected chi connectivity index (χ3v) is 1.70. The van der Waals surface area contributed by atoms with E-state index in [9.17, 15) is 14.7 Å². The summed E-state index contributed by atoms with van der Waals surface area (Å²) in [5.74, 6) is -0.859. The van der Waals surface area contributed by atoms with E-state index < -0.39 is 17.7 Å². The highest BCUT2D eigenvalue weighted by molar-refractivity contribution is 5.78. The van der Waals surface area contributed by atoms with Gasteiger partial charge >= 0.3 is 5.97 Å². The second kappa shape index (κ2) is 6.48. The number of hydrogen-bond acceptors (Lipinski definition) is 4. The van der Waals surface area contributed by atoms with Crippen LogP contribution in [-0.2, 0) is 14.3 Å². The molecule has 0 rings (SSSR count). The molecule has 0 fully saturated rings. The fourth-order valence-electron chi connectivity index (χ4n) is 1.04. The number of rotatable bonds is 5. The van der Waals surface area contributed by atoms with Crippen LogP contribution in [0.1, 0.15) is 40.5 Å². The predicted octanol–water partition coefficient (Wildman–Crippen LogP) is 0.605. The van der Waals surface area contributed by atoms with E-state index in [4.69, 9.17) is 4.74 Å². The van der Waals surface area contributed by atoms with Crippen LogP contribution in [0.5, 0.6) is 0 Å². The Hall–Kier alpha value is -1.10. The van der Waals surface area contributed by atoms with Crippen LogP contribution in [0.15, 0.2) is 0 Å². The van der Waals surface area contributed by atoms with E-state index in [0.717, 1.165) is 0 Å². The number of carbonyl (C=O) groups is 2. The molecule has 0 aliphatic carbocycles. The van der Waals surface area contributed by atoms with Crippen molar-refractivity contribution in [2.75, 3.05) is 6.54 Å². The van der Waals surface area contributed by atoms with Gasteiger partial charge in [0.25, 0.3) is 0 Å². The second-order valence-corrected chi connectivity index (χ2v) is 4.54. The van der Waals surface area contributed by atoms with Crippen LogP contribution in [0.25, 0.3) is 0 Å². The van der Waals surface area contributed by atoms with E-state index in [-0.39, 0.29) is 18.7 Å². The van der Waals surface area contributed by atoms with Gasteiger partial charge in [-0.1, -0.05) is 0 Å². The van der Waals surface area contributed by atoms with Crippen molar-refractivity contribution in [1.82, 2.24) is 5.32 Å². The zero-order valence-corrected chi connectivity index (χ0v) is 10.4. The van der Waals surface area contributed by atoms with E-state index in [0.29, 0.717) is 6.54 Å². The third-order valence-electron chi connectivity index (χ3n) is 1.70. The molecule has 0 aliphatic rings. The molecule has 0 aromatic carbocycles. The lowest BCUT2D eigenvalue weighted by atomic mass is 10.1. The van der Waals surface area contributed by atoms with Crippen LogP contribution in [0.2, 0.25) is 0 Å². The highest BCUT2D eigenvalue weighted by Gasteiger charge is 2.23. The molecular weight excluding hydrogens is 210 g/mol. The first kappa shape index (κ1) is 14.9. The lowest BCUT2D eigenvalue weighted by Gasteiger charge is -2.21. The average Bonchev–Trinajstić information content (AvgIpc) is 2.11. The van der Waals surface area contributed by atoms with Gasteiger partial charge in [-0.05, 0) is 34.1 Å². The maximum Gasteiger partial charge on any atom is 0.335 e. The standard InChI is InChI=1S/C11H21NO4/c1-5-12-9(14)7-6-8(13)10(15)16-11(2,3)4/h8,13H,5-7H2,1-4H3,(H,12,14)/t8-/m1/s1. The molecule has 1 atom stereocenters. The zero-order chi connectivity index (χ0) is 12.8. The van der Waals surface area contributed by atoms with Crippen molar-refractivity contribution in [3.63, 3.8) is 0 Å². The first-order valence-electron chi connectivity index (χ1n) is 5.44. The Balaban J connectivity index is 3.93. The van der Waals surface area contributed by atoms with Gasteiger partial charge in [0.2, 0.25) is 5.91 Å². The molecule has 0 radical (unpaired) electrons. The maximum atomic E-state index is 11.3. The molecule has 0 saturated heterocycles. The van der Waals surface area contributed by atoms with Gasteiger partial charge in [-0.25, -0.2) is 4.79 Å². The van der Waals surface area contributed by atoms with Gasteiger partial charge in [0.1, 0.15) is 5.60 Å². The number of nitrogens with one attached hydrogen (secondary N) is 1. The van der Waals surface area contributed by atoms with Gasteiger partial charge in [-0.2, -0.15) is 0 Å². The van der Waals surface area contributed by atoms with E-state index in [1.807, 2.05) is 6.92 Å². The van der Waals surface area contributed by atoms with Crippen molar-refractivity contribution in [1.29, 1.82) is 0 Å². The van der Waals surface area contributed by atoms with Crippen molar-refractivity contribution in [2.24, 2.45) is 0 Å². The molecule has 0 aromatic heterocycles. The fraction of sp³-hybridized carbons (Fsp3) is 0.818. The highest BCUT2D eigenvalue weighted by atomic mass is 16.6. The van der Waals surface area contributed by atoms with Crippen molar-refractivity contribution >= 4 is 11.9 Å². The molecule has 0 bridgehead atoms. The molecule has 0 saturated carbocycles. The minimum absolute atomic E-state index is 0.0841. The molecule has 16 heavy (non-hydrogen) atoms. The molecule has 2 N–H and O–H groups in total. The Bertz CT molecular complexity index is 245. The summed E-state index contributed by atoms with van der Waals surface area (Å²) in [6, 6.07) is 0. The Morgan fingerprint density at radius 2 is 1.94 bits per heavy atom. The van der Waals surface area contributed by atoms with Gasteiger partial charge in [0.05, 0.1) is 0 Å². The van der Waals surface area contributed by atoms with Gasteiger partial charge in [0.15, 0.2) is 6.10 Å². The van der Waals surface area contributed by atoms with Crippen LogP contribution in [0.3, 0.4) is 0 Å². The van der Waals surface area contributed by atoms with Gasteiger partial charge < -0.3 is 15.2 Å². The van der Waals surface area contributed by atoms with Crippen molar-refractivity contribution in [2.45, 2.75) is 52.2 Å². The first-order chi connectivity index (χ1) is 7.26. The largest absolute Gasteiger partial charge is 0.458 e. The molecule has 0 unspecified atom stereocenters. The number of esters is 1. The van der Waals surface area contributed by atoms with Crippen LogP contribution < -0.4 is 5.32 Å². The van der Waals surface area contributed by atoms with Gasteiger partial charge in [0, 0.05) is 13.0 Å². The van der Waals surface area contributed by atoms with E-state index in [2.05, 4.69) is 5.32 Å². The quantitative estimate of drug-likeness (QED) is 0.680. The van der Waals surface area contributed by atoms with Crippen LogP contribution in [-0.4, -0.2) is 35.2 Å². The maximum absolute atomic E-state index is 11.3. The van der Waals surface area contributed by atoms with E-state index in [1.54, 1.807) is 20.8 Å². The normalized spacial score (nSPS) is 13.1. The topological polar surface area (TPSA) is 75.6 Å². The minimum atomic E-state index is -1.23. The van der Waals surface area contributed by atoms with Gasteiger partial charge in [-0.15, -0.1) is 0 Å². The minimum Gasteiger partial charge on any atom is -0.458 e. The summed E-state index contributed by atoms with van der Waals surface area (Å²) in [6.45, 7) is 7.52. The second-order valence-electron chi connectivity index (χ2n) is 4.54. The zero-order valence-electron chi connectivity index (χ0n) is 10.4. The van der Waals surface area contributed by atoms with E-state index >= 15 is 0 Å². The highest BCUT2D eigenvalue weighted by Crippen LogP contribution is 2.10. The Morgan fingerprint density at radius 1 is 1.38 bits per heavy atom. The lowest BCUT2D eigenvalue weighted by Crippen LogP contribution is -2.33. The summed E-state index contributed by atoms with van der Waals surface area (Å²) >= 11 is 0. The lowest BCUT2D eigenvalue weighted by molar-refractivity contribution is -0.165. The summed E-state index contributed by atoms with van der Waals surface area (Å²) < 4.78 is 4.97. The molecule has 0 aromatic rings. The summed E-state index contributed by atoms with van der Waals surface area (Å²) in [5.41, 5.74) is -0.621. The molecule has 5 nitrogen and oxygen atoms in total. The van der Waals surface area contributed by atoms with Crippen molar-refractivity contribution < 1.29 is 19.4 Å². The predicted molar refractivity (Wildman–Crippen MR) is 59.8 cm³/mol. The van der Waals surface area contributed by atoms with Crippen molar-refractivity contribution in [3.8, 4) is 0 Å². The molecule has 0 heterocycles. The number of aliphatic hydroxyl groups is 1. The molecule has 0 spiro atoms.